The van der Waals surface area contributed by atoms with Crippen LogP contribution in [0, 0.1) is 0 Å². The molecule has 6 nitrogen and oxygen atoms in total. The van der Waals surface area contributed by atoms with Gasteiger partial charge >= 0.3 is 0 Å². The van der Waals surface area contributed by atoms with Crippen LogP contribution in [0.1, 0.15) is 5.56 Å². The predicted molar refractivity (Wildman–Crippen MR) is 63.6 cm³/mol. The summed E-state index contributed by atoms with van der Waals surface area (Å²) < 4.78 is 1.75. The molecule has 2 aromatic heterocycles. The second kappa shape index (κ2) is 4.09. The molecule has 0 aromatic carbocycles. The smallest absolute Gasteiger partial charge is 0.149 e. The largest absolute Gasteiger partial charge is 0.396 e. The molecule has 0 saturated carbocycles. The first kappa shape index (κ1) is 10.3. The van der Waals surface area contributed by atoms with Gasteiger partial charge in [-0.1, -0.05) is 0 Å². The second-order valence-corrected chi connectivity index (χ2v) is 3.55. The Morgan fingerprint density at radius 3 is 2.81 bits per heavy atom. The van der Waals surface area contributed by atoms with Gasteiger partial charge in [0.25, 0.3) is 0 Å². The first-order valence-corrected chi connectivity index (χ1v) is 4.88. The van der Waals surface area contributed by atoms with Crippen molar-refractivity contribution in [2.45, 2.75) is 6.54 Å². The van der Waals surface area contributed by atoms with Gasteiger partial charge in [-0.15, -0.1) is 0 Å². The Morgan fingerprint density at radius 2 is 2.19 bits per heavy atom. The van der Waals surface area contributed by atoms with Crippen LogP contribution in [-0.2, 0) is 13.6 Å². The molecule has 0 amide bonds. The number of aryl methyl sites for hydroxylation is 1. The van der Waals surface area contributed by atoms with E-state index in [2.05, 4.69) is 15.4 Å². The van der Waals surface area contributed by atoms with E-state index in [1.807, 2.05) is 13.2 Å². The highest BCUT2D eigenvalue weighted by molar-refractivity contribution is 5.61. The topological polar surface area (TPSA) is 94.8 Å². The lowest BCUT2D eigenvalue weighted by molar-refractivity contribution is 0.767. The third kappa shape index (κ3) is 2.22. The van der Waals surface area contributed by atoms with Gasteiger partial charge in [0.05, 0.1) is 11.9 Å². The standard InChI is InChI=1S/C10H14N6/c1-16-6-7(5-14-16)4-13-9-3-2-8(11)10(12)15-9/h2-3,5-6H,4,11H2,1H3,(H3,12,13,15). The number of pyridine rings is 1. The Hall–Kier alpha value is -2.24. The Labute approximate surface area is 93.3 Å². The lowest BCUT2D eigenvalue weighted by atomic mass is 10.3. The van der Waals surface area contributed by atoms with Crippen LogP contribution >= 0.6 is 0 Å². The van der Waals surface area contributed by atoms with Crippen LogP contribution in [-0.4, -0.2) is 14.8 Å². The molecule has 2 aromatic rings. The van der Waals surface area contributed by atoms with Gasteiger partial charge in [-0.3, -0.25) is 4.68 Å². The molecule has 0 unspecified atom stereocenters. The van der Waals surface area contributed by atoms with Crippen LogP contribution in [0.2, 0.25) is 0 Å². The fourth-order valence-electron chi connectivity index (χ4n) is 1.34. The maximum atomic E-state index is 5.60. The molecule has 0 aliphatic rings. The molecule has 2 heterocycles. The minimum absolute atomic E-state index is 0.344. The summed E-state index contributed by atoms with van der Waals surface area (Å²) in [5.74, 6) is 1.05. The van der Waals surface area contributed by atoms with E-state index in [-0.39, 0.29) is 0 Å². The normalized spacial score (nSPS) is 10.3. The van der Waals surface area contributed by atoms with Crippen LogP contribution in [0.5, 0.6) is 0 Å². The molecule has 0 aliphatic heterocycles. The highest BCUT2D eigenvalue weighted by atomic mass is 15.2. The van der Waals surface area contributed by atoms with Crippen LogP contribution in [0.3, 0.4) is 0 Å². The van der Waals surface area contributed by atoms with Crippen molar-refractivity contribution < 1.29 is 0 Å². The quantitative estimate of drug-likeness (QED) is 0.701. The van der Waals surface area contributed by atoms with Crippen molar-refractivity contribution in [1.82, 2.24) is 14.8 Å². The number of nitrogens with two attached hydrogens (primary N) is 2. The van der Waals surface area contributed by atoms with E-state index in [9.17, 15) is 0 Å². The van der Waals surface area contributed by atoms with Crippen molar-refractivity contribution in [3.05, 3.63) is 30.1 Å². The monoisotopic (exact) mass is 218 g/mol. The maximum absolute atomic E-state index is 5.60. The molecule has 0 aliphatic carbocycles. The average molecular weight is 218 g/mol. The van der Waals surface area contributed by atoms with E-state index in [4.69, 9.17) is 11.5 Å². The van der Waals surface area contributed by atoms with E-state index in [1.54, 1.807) is 23.0 Å². The van der Waals surface area contributed by atoms with Gasteiger partial charge < -0.3 is 16.8 Å². The number of nitrogens with one attached hydrogen (secondary N) is 1. The Morgan fingerprint density at radius 1 is 1.38 bits per heavy atom. The van der Waals surface area contributed by atoms with Gasteiger partial charge in [0, 0.05) is 25.4 Å². The van der Waals surface area contributed by atoms with E-state index in [0.717, 1.165) is 5.56 Å². The average Bonchev–Trinajstić information content (AvgIpc) is 2.66. The zero-order valence-corrected chi connectivity index (χ0v) is 9.01. The molecule has 2 rings (SSSR count). The first-order chi connectivity index (χ1) is 7.65. The summed E-state index contributed by atoms with van der Waals surface area (Å²) in [7, 11) is 1.88. The summed E-state index contributed by atoms with van der Waals surface area (Å²) in [6, 6.07) is 3.52. The highest BCUT2D eigenvalue weighted by Crippen LogP contribution is 2.15. The summed E-state index contributed by atoms with van der Waals surface area (Å²) in [5, 5.41) is 7.21. The van der Waals surface area contributed by atoms with Crippen molar-refractivity contribution in [3.63, 3.8) is 0 Å². The first-order valence-electron chi connectivity index (χ1n) is 4.88. The minimum atomic E-state index is 0.344. The molecule has 0 atom stereocenters. The molecule has 5 N–H and O–H groups in total. The van der Waals surface area contributed by atoms with Gasteiger partial charge in [-0.05, 0) is 12.1 Å². The summed E-state index contributed by atoms with van der Waals surface area (Å²) in [6.45, 7) is 0.657. The van der Waals surface area contributed by atoms with Crippen LogP contribution in [0.4, 0.5) is 17.3 Å². The zero-order valence-electron chi connectivity index (χ0n) is 9.01. The number of nitrogens with zero attached hydrogens (tertiary/aromatic N) is 3. The fraction of sp³-hybridized carbons (Fsp3) is 0.200. The summed E-state index contributed by atoms with van der Waals surface area (Å²) >= 11 is 0. The molecular formula is C10H14N6. The van der Waals surface area contributed by atoms with E-state index in [0.29, 0.717) is 23.9 Å². The molecular weight excluding hydrogens is 204 g/mol. The number of hydrogen-bond donors (Lipinski definition) is 3. The molecule has 0 spiro atoms. The lowest BCUT2D eigenvalue weighted by Crippen LogP contribution is -2.04. The van der Waals surface area contributed by atoms with Crippen molar-refractivity contribution in [3.8, 4) is 0 Å². The summed E-state index contributed by atoms with van der Waals surface area (Å²) in [5.41, 5.74) is 12.7. The van der Waals surface area contributed by atoms with Crippen molar-refractivity contribution in [2.24, 2.45) is 7.05 Å². The van der Waals surface area contributed by atoms with Gasteiger partial charge in [-0.2, -0.15) is 5.10 Å². The van der Waals surface area contributed by atoms with Crippen molar-refractivity contribution in [1.29, 1.82) is 0 Å². The lowest BCUT2D eigenvalue weighted by Gasteiger charge is -2.05. The van der Waals surface area contributed by atoms with Crippen LogP contribution < -0.4 is 16.8 Å². The molecule has 0 saturated heterocycles. The molecule has 0 bridgehead atoms. The Bertz CT molecular complexity index is 490. The number of anilines is 3. The molecule has 16 heavy (non-hydrogen) atoms. The highest BCUT2D eigenvalue weighted by Gasteiger charge is 2.00. The van der Waals surface area contributed by atoms with Gasteiger partial charge in [0.15, 0.2) is 0 Å². The summed E-state index contributed by atoms with van der Waals surface area (Å²) in [4.78, 5) is 4.11. The van der Waals surface area contributed by atoms with Gasteiger partial charge in [0.2, 0.25) is 0 Å². The van der Waals surface area contributed by atoms with E-state index < -0.39 is 0 Å². The number of aromatic nitrogens is 3. The maximum Gasteiger partial charge on any atom is 0.149 e. The number of hydrogen-bond acceptors (Lipinski definition) is 5. The number of rotatable bonds is 3. The number of nitrogen functional groups attached to an aromatic ring is 2. The van der Waals surface area contributed by atoms with Crippen LogP contribution in [0.25, 0.3) is 0 Å². The van der Waals surface area contributed by atoms with Crippen LogP contribution in [0.15, 0.2) is 24.5 Å². The van der Waals surface area contributed by atoms with Crippen molar-refractivity contribution >= 4 is 17.3 Å². The molecule has 84 valence electrons. The Balaban J connectivity index is 2.02. The van der Waals surface area contributed by atoms with E-state index in [1.165, 1.54) is 0 Å². The zero-order chi connectivity index (χ0) is 11.5. The molecule has 0 radical (unpaired) electrons. The third-order valence-electron chi connectivity index (χ3n) is 2.19. The minimum Gasteiger partial charge on any atom is -0.396 e. The van der Waals surface area contributed by atoms with Crippen molar-refractivity contribution in [2.75, 3.05) is 16.8 Å². The SMILES string of the molecule is Cn1cc(CNc2ccc(N)c(N)n2)cn1. The van der Waals surface area contributed by atoms with E-state index >= 15 is 0 Å². The molecule has 0 fully saturated rings. The predicted octanol–water partition coefficient (Wildman–Crippen LogP) is 0.592. The fourth-order valence-corrected chi connectivity index (χ4v) is 1.34. The summed E-state index contributed by atoms with van der Waals surface area (Å²) in [6.07, 6.45) is 3.74. The molecule has 6 heteroatoms. The van der Waals surface area contributed by atoms with Gasteiger partial charge in [0.1, 0.15) is 11.6 Å². The second-order valence-electron chi connectivity index (χ2n) is 3.55. The third-order valence-corrected chi connectivity index (χ3v) is 2.19. The Kier molecular flexibility index (Phi) is 2.63. The van der Waals surface area contributed by atoms with Gasteiger partial charge in [-0.25, -0.2) is 4.98 Å².